The van der Waals surface area contributed by atoms with E-state index in [0.717, 1.165) is 41.7 Å². The molecule has 0 saturated heterocycles. The lowest BCUT2D eigenvalue weighted by Crippen LogP contribution is -2.54. The predicted octanol–water partition coefficient (Wildman–Crippen LogP) is 6.21. The molecule has 7 nitrogen and oxygen atoms in total. The monoisotopic (exact) mass is 621 g/mol. The van der Waals surface area contributed by atoms with Crippen LogP contribution in [0.3, 0.4) is 0 Å². The molecule has 1 N–H and O–H groups in total. The van der Waals surface area contributed by atoms with Crippen molar-refractivity contribution in [1.29, 1.82) is 0 Å². The molecule has 0 bridgehead atoms. The third-order valence-electron chi connectivity index (χ3n) is 8.07. The van der Waals surface area contributed by atoms with Gasteiger partial charge in [0.1, 0.15) is 12.6 Å². The molecule has 1 aliphatic rings. The van der Waals surface area contributed by atoms with Gasteiger partial charge in [0, 0.05) is 17.5 Å². The molecule has 0 unspecified atom stereocenters. The molecule has 2 amide bonds. The van der Waals surface area contributed by atoms with Crippen molar-refractivity contribution in [2.24, 2.45) is 0 Å². The van der Waals surface area contributed by atoms with Crippen LogP contribution in [0.1, 0.15) is 56.6 Å². The molecule has 43 heavy (non-hydrogen) atoms. The number of carbonyl (C=O) groups is 2. The van der Waals surface area contributed by atoms with Gasteiger partial charge in [-0.2, -0.15) is 0 Å². The minimum absolute atomic E-state index is 0.107. The standard InChI is InChI=1S/C34H43N3O4S2/c1-4-32(34(39)35-28-13-9-6-10-14-28)36(24-23-27-11-7-5-8-12-27)33(38)25-37(29-17-15-26(2)16-18-29)43(40,41)31-21-19-30(42-3)20-22-31/h5,7-8,11-12,15-22,28,32H,4,6,9-10,13-14,23-25H2,1-3H3,(H,35,39)/t32-/m1/s1. The number of nitrogens with zero attached hydrogens (tertiary/aromatic N) is 2. The fourth-order valence-electron chi connectivity index (χ4n) is 5.55. The highest BCUT2D eigenvalue weighted by Gasteiger charge is 2.34. The summed E-state index contributed by atoms with van der Waals surface area (Å²) < 4.78 is 29.3. The van der Waals surface area contributed by atoms with E-state index in [1.54, 1.807) is 41.3 Å². The Morgan fingerprint density at radius 2 is 1.58 bits per heavy atom. The Hall–Kier alpha value is -3.30. The second kappa shape index (κ2) is 15.4. The van der Waals surface area contributed by atoms with E-state index >= 15 is 0 Å². The van der Waals surface area contributed by atoms with E-state index in [4.69, 9.17) is 0 Å². The molecule has 9 heteroatoms. The molecule has 0 aromatic heterocycles. The van der Waals surface area contributed by atoms with Crippen LogP contribution in [0.15, 0.2) is 88.7 Å². The maximum Gasteiger partial charge on any atom is 0.264 e. The minimum atomic E-state index is -4.09. The topological polar surface area (TPSA) is 86.8 Å². The third-order valence-corrected chi connectivity index (χ3v) is 10.6. The Bertz CT molecular complexity index is 1440. The number of hydrogen-bond donors (Lipinski definition) is 1. The van der Waals surface area contributed by atoms with Crippen LogP contribution < -0.4 is 9.62 Å². The SMILES string of the molecule is CC[C@H](C(=O)NC1CCCCC1)N(CCc1ccccc1)C(=O)CN(c1ccc(C)cc1)S(=O)(=O)c1ccc(SC)cc1. The zero-order valence-electron chi connectivity index (χ0n) is 25.4. The van der Waals surface area contributed by atoms with Crippen LogP contribution in [0.2, 0.25) is 0 Å². The van der Waals surface area contributed by atoms with E-state index < -0.39 is 28.5 Å². The fraction of sp³-hybridized carbons (Fsp3) is 0.412. The molecule has 3 aromatic carbocycles. The molecule has 1 aliphatic carbocycles. The van der Waals surface area contributed by atoms with Crippen molar-refractivity contribution in [1.82, 2.24) is 10.2 Å². The largest absolute Gasteiger partial charge is 0.352 e. The Kier molecular flexibility index (Phi) is 11.7. The summed E-state index contributed by atoms with van der Waals surface area (Å²) in [5.74, 6) is -0.584. The van der Waals surface area contributed by atoms with Gasteiger partial charge in [-0.25, -0.2) is 8.42 Å². The summed E-state index contributed by atoms with van der Waals surface area (Å²) in [6.07, 6.45) is 8.12. The lowest BCUT2D eigenvalue weighted by molar-refractivity contribution is -0.140. The fourth-order valence-corrected chi connectivity index (χ4v) is 7.38. The van der Waals surface area contributed by atoms with Crippen molar-refractivity contribution in [2.45, 2.75) is 80.7 Å². The van der Waals surface area contributed by atoms with Crippen molar-refractivity contribution in [3.8, 4) is 0 Å². The molecule has 3 aromatic rings. The number of amides is 2. The summed E-state index contributed by atoms with van der Waals surface area (Å²) in [4.78, 5) is 30.5. The first-order chi connectivity index (χ1) is 20.7. The number of aryl methyl sites for hydroxylation is 1. The zero-order chi connectivity index (χ0) is 30.8. The van der Waals surface area contributed by atoms with Gasteiger partial charge in [0.2, 0.25) is 11.8 Å². The van der Waals surface area contributed by atoms with Crippen molar-refractivity contribution in [3.63, 3.8) is 0 Å². The molecule has 0 radical (unpaired) electrons. The normalized spacial score (nSPS) is 14.6. The van der Waals surface area contributed by atoms with E-state index in [2.05, 4.69) is 5.32 Å². The second-order valence-electron chi connectivity index (χ2n) is 11.1. The van der Waals surface area contributed by atoms with Crippen molar-refractivity contribution in [2.75, 3.05) is 23.7 Å². The van der Waals surface area contributed by atoms with E-state index in [9.17, 15) is 18.0 Å². The second-order valence-corrected chi connectivity index (χ2v) is 13.9. The summed E-state index contributed by atoms with van der Waals surface area (Å²) in [6, 6.07) is 23.0. The smallest absolute Gasteiger partial charge is 0.264 e. The molecular formula is C34H43N3O4S2. The molecule has 230 valence electrons. The first-order valence-electron chi connectivity index (χ1n) is 15.1. The Balaban J connectivity index is 1.66. The van der Waals surface area contributed by atoms with Gasteiger partial charge in [-0.3, -0.25) is 13.9 Å². The Morgan fingerprint density at radius 3 is 2.19 bits per heavy atom. The molecule has 4 rings (SSSR count). The Labute approximate surface area is 261 Å². The highest BCUT2D eigenvalue weighted by Crippen LogP contribution is 2.27. The van der Waals surface area contributed by atoms with Crippen molar-refractivity contribution >= 4 is 39.3 Å². The Morgan fingerprint density at radius 1 is 0.930 bits per heavy atom. The van der Waals surface area contributed by atoms with Gasteiger partial charge in [0.05, 0.1) is 10.6 Å². The van der Waals surface area contributed by atoms with Crippen LogP contribution in [-0.2, 0) is 26.0 Å². The molecule has 1 saturated carbocycles. The minimum Gasteiger partial charge on any atom is -0.352 e. The third kappa shape index (κ3) is 8.63. The number of anilines is 1. The molecule has 0 heterocycles. The molecular weight excluding hydrogens is 579 g/mol. The van der Waals surface area contributed by atoms with Crippen LogP contribution in [0.25, 0.3) is 0 Å². The van der Waals surface area contributed by atoms with Crippen LogP contribution in [-0.4, -0.2) is 56.6 Å². The summed E-state index contributed by atoms with van der Waals surface area (Å²) in [5, 5.41) is 3.19. The number of rotatable bonds is 13. The number of hydrogen-bond acceptors (Lipinski definition) is 5. The van der Waals surface area contributed by atoms with Gasteiger partial charge < -0.3 is 10.2 Å². The van der Waals surface area contributed by atoms with Gasteiger partial charge in [-0.15, -0.1) is 11.8 Å². The lowest BCUT2D eigenvalue weighted by Gasteiger charge is -2.34. The molecule has 1 atom stereocenters. The quantitative estimate of drug-likeness (QED) is 0.229. The average Bonchev–Trinajstić information content (AvgIpc) is 3.03. The maximum atomic E-state index is 14.2. The van der Waals surface area contributed by atoms with E-state index in [1.165, 1.54) is 22.5 Å². The van der Waals surface area contributed by atoms with Crippen LogP contribution >= 0.6 is 11.8 Å². The lowest BCUT2D eigenvalue weighted by atomic mass is 9.95. The first kappa shape index (κ1) is 32.6. The molecule has 1 fully saturated rings. The maximum absolute atomic E-state index is 14.2. The van der Waals surface area contributed by atoms with Crippen LogP contribution in [0.5, 0.6) is 0 Å². The van der Waals surface area contributed by atoms with Gasteiger partial charge in [0.15, 0.2) is 0 Å². The highest BCUT2D eigenvalue weighted by atomic mass is 32.2. The predicted molar refractivity (Wildman–Crippen MR) is 175 cm³/mol. The first-order valence-corrected chi connectivity index (χ1v) is 17.8. The van der Waals surface area contributed by atoms with E-state index in [-0.39, 0.29) is 16.8 Å². The van der Waals surface area contributed by atoms with E-state index in [1.807, 2.05) is 62.6 Å². The van der Waals surface area contributed by atoms with Crippen molar-refractivity contribution in [3.05, 3.63) is 90.0 Å². The molecule has 0 aliphatic heterocycles. The summed E-state index contributed by atoms with van der Waals surface area (Å²) in [7, 11) is -4.09. The van der Waals surface area contributed by atoms with Gasteiger partial charge in [-0.05, 0) is 80.8 Å². The number of nitrogens with one attached hydrogen (secondary N) is 1. The zero-order valence-corrected chi connectivity index (χ0v) is 27.0. The number of benzene rings is 3. The summed E-state index contributed by atoms with van der Waals surface area (Å²) in [5.41, 5.74) is 2.42. The number of carbonyl (C=O) groups excluding carboxylic acids is 2. The van der Waals surface area contributed by atoms with Crippen LogP contribution in [0.4, 0.5) is 5.69 Å². The number of sulfonamides is 1. The van der Waals surface area contributed by atoms with Crippen molar-refractivity contribution < 1.29 is 18.0 Å². The summed E-state index contributed by atoms with van der Waals surface area (Å²) >= 11 is 1.53. The highest BCUT2D eigenvalue weighted by molar-refractivity contribution is 7.98. The van der Waals surface area contributed by atoms with E-state index in [0.29, 0.717) is 25.1 Å². The average molecular weight is 622 g/mol. The van der Waals surface area contributed by atoms with Crippen LogP contribution in [0, 0.1) is 6.92 Å². The van der Waals surface area contributed by atoms with Gasteiger partial charge in [-0.1, -0.05) is 74.2 Å². The van der Waals surface area contributed by atoms with Gasteiger partial charge in [0.25, 0.3) is 10.0 Å². The van der Waals surface area contributed by atoms with Gasteiger partial charge >= 0.3 is 0 Å². The summed E-state index contributed by atoms with van der Waals surface area (Å²) in [6.45, 7) is 3.70. The number of thioether (sulfide) groups is 1. The molecule has 0 spiro atoms.